The molecule has 0 bridgehead atoms. The molecule has 0 aliphatic carbocycles. The Labute approximate surface area is 179 Å². The van der Waals surface area contributed by atoms with Crippen molar-refractivity contribution >= 4 is 28.2 Å². The molecular weight excluding hydrogens is 402 g/mol. The monoisotopic (exact) mass is 427 g/mol. The third-order valence-corrected chi connectivity index (χ3v) is 5.91. The molecule has 0 radical (unpaired) electrons. The van der Waals surface area contributed by atoms with E-state index in [1.165, 1.54) is 11.3 Å². The van der Waals surface area contributed by atoms with Crippen LogP contribution >= 0.6 is 11.3 Å². The normalized spacial score (nSPS) is 14.8. The van der Waals surface area contributed by atoms with Crippen molar-refractivity contribution in [3.8, 4) is 11.5 Å². The molecule has 1 aliphatic rings. The smallest absolute Gasteiger partial charge is 0.263 e. The van der Waals surface area contributed by atoms with Gasteiger partial charge >= 0.3 is 0 Å². The summed E-state index contributed by atoms with van der Waals surface area (Å²) in [7, 11) is 0. The molecule has 1 N–H and O–H groups in total. The first kappa shape index (κ1) is 20.4. The molecular formula is C20H25N7O2S. The Kier molecular flexibility index (Phi) is 6.03. The minimum atomic E-state index is -0.0450. The second-order valence-corrected chi connectivity index (χ2v) is 8.68. The van der Waals surface area contributed by atoms with Crippen LogP contribution in [0.25, 0.3) is 11.5 Å². The van der Waals surface area contributed by atoms with E-state index >= 15 is 0 Å². The van der Waals surface area contributed by atoms with Crippen LogP contribution in [-0.4, -0.2) is 44.1 Å². The van der Waals surface area contributed by atoms with Gasteiger partial charge in [-0.25, -0.2) is 15.0 Å². The van der Waals surface area contributed by atoms with Gasteiger partial charge < -0.3 is 14.7 Å². The summed E-state index contributed by atoms with van der Waals surface area (Å²) in [6.07, 6.45) is 6.71. The fourth-order valence-electron chi connectivity index (χ4n) is 3.51. The number of aromatic nitrogens is 5. The number of anilines is 2. The first-order valence-electron chi connectivity index (χ1n) is 10.2. The molecule has 1 aliphatic heterocycles. The molecule has 0 saturated carbocycles. The lowest BCUT2D eigenvalue weighted by molar-refractivity contribution is -0.120. The average Bonchev–Trinajstić information content (AvgIpc) is 3.37. The van der Waals surface area contributed by atoms with Crippen molar-refractivity contribution in [1.29, 1.82) is 0 Å². The molecule has 0 spiro atoms. The van der Waals surface area contributed by atoms with Crippen molar-refractivity contribution < 1.29 is 9.32 Å². The number of hydrogen-bond donors (Lipinski definition) is 1. The summed E-state index contributed by atoms with van der Waals surface area (Å²) in [6, 6.07) is 0. The van der Waals surface area contributed by atoms with Crippen molar-refractivity contribution in [2.24, 2.45) is 5.92 Å². The summed E-state index contributed by atoms with van der Waals surface area (Å²) >= 11 is 1.49. The first-order chi connectivity index (χ1) is 14.5. The molecule has 3 aromatic heterocycles. The molecule has 4 heterocycles. The van der Waals surface area contributed by atoms with Gasteiger partial charge in [-0.15, -0.1) is 11.3 Å². The third kappa shape index (κ3) is 4.48. The fourth-order valence-corrected chi connectivity index (χ4v) is 4.18. The highest BCUT2D eigenvalue weighted by molar-refractivity contribution is 7.15. The van der Waals surface area contributed by atoms with Crippen LogP contribution in [0.15, 0.2) is 16.9 Å². The predicted molar refractivity (Wildman–Crippen MR) is 114 cm³/mol. The lowest BCUT2D eigenvalue weighted by Gasteiger charge is -2.32. The molecule has 0 unspecified atom stereocenters. The number of aryl methyl sites for hydroxylation is 3. The zero-order valence-corrected chi connectivity index (χ0v) is 18.2. The molecule has 158 valence electrons. The van der Waals surface area contributed by atoms with E-state index in [9.17, 15) is 4.79 Å². The lowest BCUT2D eigenvalue weighted by atomic mass is 9.96. The summed E-state index contributed by atoms with van der Waals surface area (Å²) in [5.74, 6) is 2.57. The van der Waals surface area contributed by atoms with Crippen LogP contribution in [0.1, 0.15) is 42.7 Å². The van der Waals surface area contributed by atoms with E-state index in [2.05, 4.69) is 42.2 Å². The van der Waals surface area contributed by atoms with Crippen molar-refractivity contribution in [3.63, 3.8) is 0 Å². The number of nitrogens with zero attached hydrogens (tertiary/aromatic N) is 6. The molecule has 0 aromatic carbocycles. The number of rotatable bonds is 6. The Morgan fingerprint density at radius 1 is 1.23 bits per heavy atom. The number of carbonyl (C=O) groups is 1. The maximum atomic E-state index is 12.6. The highest BCUT2D eigenvalue weighted by Gasteiger charge is 2.28. The van der Waals surface area contributed by atoms with E-state index in [0.29, 0.717) is 35.8 Å². The van der Waals surface area contributed by atoms with Gasteiger partial charge in [-0.2, -0.15) is 4.98 Å². The quantitative estimate of drug-likeness (QED) is 0.637. The number of carbonyl (C=O) groups excluding carboxylic acids is 1. The van der Waals surface area contributed by atoms with Crippen LogP contribution in [0, 0.1) is 19.8 Å². The number of piperidine rings is 1. The molecule has 10 heteroatoms. The van der Waals surface area contributed by atoms with Gasteiger partial charge in [-0.1, -0.05) is 12.1 Å². The van der Waals surface area contributed by atoms with E-state index < -0.39 is 0 Å². The third-order valence-electron chi connectivity index (χ3n) is 5.08. The average molecular weight is 428 g/mol. The molecule has 1 saturated heterocycles. The van der Waals surface area contributed by atoms with Crippen LogP contribution in [0.4, 0.5) is 10.9 Å². The Morgan fingerprint density at radius 3 is 2.73 bits per heavy atom. The van der Waals surface area contributed by atoms with Gasteiger partial charge in [0.2, 0.25) is 5.91 Å². The maximum Gasteiger partial charge on any atom is 0.263 e. The molecule has 1 fully saturated rings. The van der Waals surface area contributed by atoms with Crippen molar-refractivity contribution in [2.45, 2.75) is 46.5 Å². The van der Waals surface area contributed by atoms with Gasteiger partial charge in [0.05, 0.1) is 0 Å². The van der Waals surface area contributed by atoms with Gasteiger partial charge in [0.1, 0.15) is 17.2 Å². The van der Waals surface area contributed by atoms with E-state index in [1.54, 1.807) is 12.4 Å². The number of hydrogen-bond acceptors (Lipinski definition) is 9. The summed E-state index contributed by atoms with van der Waals surface area (Å²) < 4.78 is 5.46. The minimum Gasteiger partial charge on any atom is -0.356 e. The molecule has 3 aromatic rings. The van der Waals surface area contributed by atoms with Crippen LogP contribution < -0.4 is 10.2 Å². The first-order valence-corrected chi connectivity index (χ1v) is 11.0. The van der Waals surface area contributed by atoms with E-state index in [0.717, 1.165) is 41.9 Å². The highest BCUT2D eigenvalue weighted by atomic mass is 32.1. The minimum absolute atomic E-state index is 0.0317. The van der Waals surface area contributed by atoms with Crippen molar-refractivity contribution in [3.05, 3.63) is 28.9 Å². The molecule has 9 nitrogen and oxygen atoms in total. The summed E-state index contributed by atoms with van der Waals surface area (Å²) in [6.45, 7) is 7.34. The number of thiazole rings is 1. The molecule has 1 amide bonds. The number of nitrogens with one attached hydrogen (secondary N) is 1. The second kappa shape index (κ2) is 8.86. The molecule has 30 heavy (non-hydrogen) atoms. The largest absolute Gasteiger partial charge is 0.356 e. The van der Waals surface area contributed by atoms with E-state index in [4.69, 9.17) is 4.52 Å². The van der Waals surface area contributed by atoms with Crippen molar-refractivity contribution in [1.82, 2.24) is 25.1 Å². The Balaban J connectivity index is 1.46. The Bertz CT molecular complexity index is 1020. The van der Waals surface area contributed by atoms with Gasteiger partial charge in [0.15, 0.2) is 11.0 Å². The zero-order chi connectivity index (χ0) is 21.1. The van der Waals surface area contributed by atoms with Crippen LogP contribution in [-0.2, 0) is 11.2 Å². The lowest BCUT2D eigenvalue weighted by Crippen LogP contribution is -2.39. The maximum absolute atomic E-state index is 12.6. The summed E-state index contributed by atoms with van der Waals surface area (Å²) in [5.41, 5.74) is 0.733. The topological polar surface area (TPSA) is 110 Å². The van der Waals surface area contributed by atoms with Gasteiger partial charge in [0.25, 0.3) is 5.89 Å². The molecule has 4 rings (SSSR count). The second-order valence-electron chi connectivity index (χ2n) is 7.45. The SMILES string of the molecule is CCCc1noc(-c2cnc(C)nc2N2CCC(C(=O)Nc3ncc(C)s3)CC2)n1. The predicted octanol–water partition coefficient (Wildman–Crippen LogP) is 3.41. The van der Waals surface area contributed by atoms with Gasteiger partial charge in [-0.05, 0) is 33.1 Å². The summed E-state index contributed by atoms with van der Waals surface area (Å²) in [5, 5.41) is 7.65. The van der Waals surface area contributed by atoms with E-state index in [1.807, 2.05) is 13.8 Å². The van der Waals surface area contributed by atoms with Gasteiger partial charge in [0, 0.05) is 42.7 Å². The zero-order valence-electron chi connectivity index (χ0n) is 17.4. The van der Waals surface area contributed by atoms with Crippen molar-refractivity contribution in [2.75, 3.05) is 23.3 Å². The number of amides is 1. The molecule has 0 atom stereocenters. The standard InChI is InChI=1S/C20H25N7O2S/c1-4-5-16-24-19(29-26-16)15-11-21-13(3)23-17(15)27-8-6-14(7-9-27)18(28)25-20-22-10-12(2)30-20/h10-11,14H,4-9H2,1-3H3,(H,22,25,28). The Hall–Kier alpha value is -2.88. The van der Waals surface area contributed by atoms with Crippen LogP contribution in [0.3, 0.4) is 0 Å². The van der Waals surface area contributed by atoms with Crippen LogP contribution in [0.2, 0.25) is 0 Å². The summed E-state index contributed by atoms with van der Waals surface area (Å²) in [4.78, 5) is 33.5. The Morgan fingerprint density at radius 2 is 2.03 bits per heavy atom. The highest BCUT2D eigenvalue weighted by Crippen LogP contribution is 2.31. The van der Waals surface area contributed by atoms with E-state index in [-0.39, 0.29) is 11.8 Å². The van der Waals surface area contributed by atoms with Crippen LogP contribution in [0.5, 0.6) is 0 Å². The van der Waals surface area contributed by atoms with Gasteiger partial charge in [-0.3, -0.25) is 4.79 Å². The fraction of sp³-hybridized carbons (Fsp3) is 0.500.